The second-order valence-electron chi connectivity index (χ2n) is 4.54. The van der Waals surface area contributed by atoms with E-state index in [0.717, 1.165) is 21.5 Å². The second-order valence-corrected chi connectivity index (χ2v) is 6.13. The third-order valence-corrected chi connectivity index (χ3v) is 4.23. The molecule has 1 aliphatic heterocycles. The molecule has 0 bridgehead atoms. The van der Waals surface area contributed by atoms with Crippen molar-refractivity contribution in [3.8, 4) is 5.75 Å². The molecule has 1 aliphatic rings. The van der Waals surface area contributed by atoms with Gasteiger partial charge in [-0.15, -0.1) is 0 Å². The van der Waals surface area contributed by atoms with Crippen LogP contribution in [0.2, 0.25) is 5.02 Å². The van der Waals surface area contributed by atoms with Crippen LogP contribution >= 0.6 is 34.2 Å². The molecule has 0 aromatic heterocycles. The minimum Gasteiger partial charge on any atom is -0.489 e. The van der Waals surface area contributed by atoms with Crippen molar-refractivity contribution in [1.82, 2.24) is 0 Å². The summed E-state index contributed by atoms with van der Waals surface area (Å²) in [6.45, 7) is 1.29. The molecule has 1 heterocycles. The molecule has 2 N–H and O–H groups in total. The number of carbonyl (C=O) groups is 1. The molecule has 2 aromatic carbocycles. The topological polar surface area (TPSA) is 50.4 Å². The van der Waals surface area contributed by atoms with Crippen molar-refractivity contribution in [3.63, 3.8) is 0 Å². The number of nitrogens with one attached hydrogen (secondary N) is 2. The fourth-order valence-electron chi connectivity index (χ4n) is 2.13. The molecule has 21 heavy (non-hydrogen) atoms. The van der Waals surface area contributed by atoms with Gasteiger partial charge in [-0.2, -0.15) is 0 Å². The average Bonchev–Trinajstić information content (AvgIpc) is 2.49. The maximum absolute atomic E-state index is 12.5. The van der Waals surface area contributed by atoms with Gasteiger partial charge in [0.25, 0.3) is 5.91 Å². The molecule has 0 aliphatic carbocycles. The number of ether oxygens (including phenoxy) is 1. The second kappa shape index (κ2) is 6.11. The number of halogens is 2. The van der Waals surface area contributed by atoms with E-state index in [1.807, 2.05) is 12.1 Å². The van der Waals surface area contributed by atoms with Gasteiger partial charge in [-0.25, -0.2) is 0 Å². The number of rotatable bonds is 2. The number of anilines is 2. The van der Waals surface area contributed by atoms with Gasteiger partial charge < -0.3 is 15.4 Å². The lowest BCUT2D eigenvalue weighted by molar-refractivity contribution is 0.102. The number of fused-ring (bicyclic) bond motifs is 1. The molecule has 0 radical (unpaired) electrons. The highest BCUT2D eigenvalue weighted by Crippen LogP contribution is 2.32. The highest BCUT2D eigenvalue weighted by atomic mass is 127. The molecular formula is C15H12ClIN2O2. The average molecular weight is 415 g/mol. The van der Waals surface area contributed by atoms with Crippen molar-refractivity contribution in [2.24, 2.45) is 0 Å². The zero-order chi connectivity index (χ0) is 14.8. The first kappa shape index (κ1) is 14.5. The maximum atomic E-state index is 12.5. The van der Waals surface area contributed by atoms with E-state index in [4.69, 9.17) is 16.3 Å². The Balaban J connectivity index is 1.89. The van der Waals surface area contributed by atoms with Crippen LogP contribution in [0.3, 0.4) is 0 Å². The zero-order valence-corrected chi connectivity index (χ0v) is 13.9. The van der Waals surface area contributed by atoms with E-state index < -0.39 is 0 Å². The SMILES string of the molecule is O=C(Nc1ccc(Cl)cc1I)c1cccc2c1OCCN2. The molecule has 6 heteroatoms. The Labute approximate surface area is 141 Å². The summed E-state index contributed by atoms with van der Waals surface area (Å²) >= 11 is 8.06. The molecule has 0 atom stereocenters. The Morgan fingerprint density at radius 2 is 2.19 bits per heavy atom. The van der Waals surface area contributed by atoms with Crippen molar-refractivity contribution in [1.29, 1.82) is 0 Å². The lowest BCUT2D eigenvalue weighted by Gasteiger charge is -2.21. The van der Waals surface area contributed by atoms with Crippen molar-refractivity contribution >= 4 is 51.5 Å². The van der Waals surface area contributed by atoms with Gasteiger partial charge in [0.05, 0.1) is 16.9 Å². The van der Waals surface area contributed by atoms with E-state index in [0.29, 0.717) is 22.9 Å². The number of amides is 1. The van der Waals surface area contributed by atoms with Gasteiger partial charge in [0.1, 0.15) is 6.61 Å². The summed E-state index contributed by atoms with van der Waals surface area (Å²) in [6.07, 6.45) is 0. The minimum absolute atomic E-state index is 0.198. The van der Waals surface area contributed by atoms with Crippen LogP contribution in [-0.2, 0) is 0 Å². The Hall–Kier alpha value is -1.47. The van der Waals surface area contributed by atoms with Gasteiger partial charge in [-0.05, 0) is 52.9 Å². The van der Waals surface area contributed by atoms with Crippen molar-refractivity contribution < 1.29 is 9.53 Å². The Morgan fingerprint density at radius 1 is 1.33 bits per heavy atom. The van der Waals surface area contributed by atoms with E-state index in [1.54, 1.807) is 24.3 Å². The summed E-state index contributed by atoms with van der Waals surface area (Å²) in [5, 5.41) is 6.75. The molecule has 2 aromatic rings. The van der Waals surface area contributed by atoms with Crippen LogP contribution in [0.5, 0.6) is 5.75 Å². The summed E-state index contributed by atoms with van der Waals surface area (Å²) in [5.74, 6) is 0.404. The number of benzene rings is 2. The van der Waals surface area contributed by atoms with Crippen molar-refractivity contribution in [2.75, 3.05) is 23.8 Å². The Bertz CT molecular complexity index is 706. The molecule has 0 saturated carbocycles. The molecule has 0 fully saturated rings. The van der Waals surface area contributed by atoms with Gasteiger partial charge in [0, 0.05) is 15.1 Å². The Morgan fingerprint density at radius 3 is 3.00 bits per heavy atom. The van der Waals surface area contributed by atoms with Crippen LogP contribution in [0.25, 0.3) is 0 Å². The molecule has 4 nitrogen and oxygen atoms in total. The first-order valence-corrected chi connectivity index (χ1v) is 7.87. The number of carbonyl (C=O) groups excluding carboxylic acids is 1. The summed E-state index contributed by atoms with van der Waals surface area (Å²) in [4.78, 5) is 12.5. The summed E-state index contributed by atoms with van der Waals surface area (Å²) in [5.41, 5.74) is 2.09. The lowest BCUT2D eigenvalue weighted by Crippen LogP contribution is -2.22. The summed E-state index contributed by atoms with van der Waals surface area (Å²) in [7, 11) is 0. The maximum Gasteiger partial charge on any atom is 0.259 e. The minimum atomic E-state index is -0.198. The van der Waals surface area contributed by atoms with Crippen molar-refractivity contribution in [2.45, 2.75) is 0 Å². The van der Waals surface area contributed by atoms with Crippen LogP contribution < -0.4 is 15.4 Å². The van der Waals surface area contributed by atoms with Crippen molar-refractivity contribution in [3.05, 3.63) is 50.6 Å². The van der Waals surface area contributed by atoms with Crippen LogP contribution in [0.1, 0.15) is 10.4 Å². The number of hydrogen-bond acceptors (Lipinski definition) is 3. The van der Waals surface area contributed by atoms with Crippen LogP contribution in [0, 0.1) is 3.57 Å². The standard InChI is InChI=1S/C15H12ClIN2O2/c16-9-4-5-12(11(17)8-9)19-15(20)10-2-1-3-13-14(10)21-7-6-18-13/h1-5,8,18H,6-7H2,(H,19,20). The highest BCUT2D eigenvalue weighted by Gasteiger charge is 2.19. The summed E-state index contributed by atoms with van der Waals surface area (Å²) in [6, 6.07) is 10.8. The quantitative estimate of drug-likeness (QED) is 0.730. The van der Waals surface area contributed by atoms with Gasteiger partial charge in [-0.3, -0.25) is 4.79 Å². The fraction of sp³-hybridized carbons (Fsp3) is 0.133. The first-order valence-electron chi connectivity index (χ1n) is 6.41. The van der Waals surface area contributed by atoms with Gasteiger partial charge >= 0.3 is 0 Å². The molecule has 0 saturated heterocycles. The third kappa shape index (κ3) is 3.08. The monoisotopic (exact) mass is 414 g/mol. The molecule has 0 spiro atoms. The molecular weight excluding hydrogens is 403 g/mol. The largest absolute Gasteiger partial charge is 0.489 e. The molecule has 1 amide bonds. The summed E-state index contributed by atoms with van der Waals surface area (Å²) < 4.78 is 6.50. The van der Waals surface area contributed by atoms with Gasteiger partial charge in [0.2, 0.25) is 0 Å². The Kier molecular flexibility index (Phi) is 4.21. The zero-order valence-electron chi connectivity index (χ0n) is 11.0. The van der Waals surface area contributed by atoms with Gasteiger partial charge in [0.15, 0.2) is 5.75 Å². The lowest BCUT2D eigenvalue weighted by atomic mass is 10.1. The van der Waals surface area contributed by atoms with Crippen LogP contribution in [0.4, 0.5) is 11.4 Å². The molecule has 0 unspecified atom stereocenters. The first-order chi connectivity index (χ1) is 10.1. The predicted octanol–water partition coefficient (Wildman–Crippen LogP) is 4.00. The molecule has 108 valence electrons. The van der Waals surface area contributed by atoms with Crippen LogP contribution in [0.15, 0.2) is 36.4 Å². The number of hydrogen-bond donors (Lipinski definition) is 2. The van der Waals surface area contributed by atoms with E-state index in [2.05, 4.69) is 33.2 Å². The predicted molar refractivity (Wildman–Crippen MR) is 92.5 cm³/mol. The van der Waals surface area contributed by atoms with Gasteiger partial charge in [-0.1, -0.05) is 17.7 Å². The molecule has 3 rings (SSSR count). The van der Waals surface area contributed by atoms with E-state index in [9.17, 15) is 4.79 Å². The van der Waals surface area contributed by atoms with E-state index >= 15 is 0 Å². The number of para-hydroxylation sites is 1. The third-order valence-electron chi connectivity index (χ3n) is 3.10. The fourth-order valence-corrected chi connectivity index (χ4v) is 3.14. The smallest absolute Gasteiger partial charge is 0.259 e. The van der Waals surface area contributed by atoms with E-state index in [-0.39, 0.29) is 5.91 Å². The highest BCUT2D eigenvalue weighted by molar-refractivity contribution is 14.1. The van der Waals surface area contributed by atoms with Crippen LogP contribution in [-0.4, -0.2) is 19.1 Å². The van der Waals surface area contributed by atoms with E-state index in [1.165, 1.54) is 0 Å². The normalized spacial score (nSPS) is 12.9.